The third kappa shape index (κ3) is 3.79. The molecule has 0 fully saturated rings. The minimum Gasteiger partial charge on any atom is -0.271 e. The smallest absolute Gasteiger partial charge is 0.145 e. The highest BCUT2D eigenvalue weighted by molar-refractivity contribution is 6.30. The summed E-state index contributed by atoms with van der Waals surface area (Å²) in [4.78, 5) is 0. The van der Waals surface area contributed by atoms with Crippen molar-refractivity contribution in [2.75, 3.05) is 0 Å². The van der Waals surface area contributed by atoms with Gasteiger partial charge in [0, 0.05) is 6.04 Å². The lowest BCUT2D eigenvalue weighted by Gasteiger charge is -2.17. The number of benzene rings is 2. The van der Waals surface area contributed by atoms with Gasteiger partial charge in [-0.3, -0.25) is 11.3 Å². The van der Waals surface area contributed by atoms with E-state index in [1.165, 1.54) is 11.1 Å². The summed E-state index contributed by atoms with van der Waals surface area (Å²) in [6, 6.07) is 13.2. The van der Waals surface area contributed by atoms with E-state index in [1.54, 1.807) is 18.2 Å². The Hall–Kier alpha value is -1.42. The third-order valence-electron chi connectivity index (χ3n) is 3.30. The minimum atomic E-state index is -0.362. The van der Waals surface area contributed by atoms with Crippen LogP contribution in [-0.4, -0.2) is 6.04 Å². The van der Waals surface area contributed by atoms with Crippen LogP contribution in [0.4, 0.5) is 4.39 Å². The molecule has 0 aliphatic rings. The van der Waals surface area contributed by atoms with Crippen molar-refractivity contribution < 1.29 is 4.39 Å². The van der Waals surface area contributed by atoms with Gasteiger partial charge in [-0.25, -0.2) is 4.39 Å². The summed E-state index contributed by atoms with van der Waals surface area (Å²) >= 11 is 5.79. The van der Waals surface area contributed by atoms with Crippen LogP contribution in [0.25, 0.3) is 0 Å². The molecule has 1 atom stereocenters. The highest BCUT2D eigenvalue weighted by atomic mass is 35.5. The van der Waals surface area contributed by atoms with Gasteiger partial charge in [0.2, 0.25) is 0 Å². The van der Waals surface area contributed by atoms with Crippen molar-refractivity contribution in [3.8, 4) is 0 Å². The van der Waals surface area contributed by atoms with Gasteiger partial charge in [-0.05, 0) is 37.0 Å². The Morgan fingerprint density at radius 2 is 1.95 bits per heavy atom. The zero-order chi connectivity index (χ0) is 14.5. The number of hydrogen-bond acceptors (Lipinski definition) is 2. The Morgan fingerprint density at radius 1 is 1.20 bits per heavy atom. The number of halogens is 2. The maximum Gasteiger partial charge on any atom is 0.145 e. The Kier molecular flexibility index (Phi) is 5.12. The highest BCUT2D eigenvalue weighted by Gasteiger charge is 2.13. The standard InChI is InChI=1S/C16H18ClFN2/c1-11-4-2-5-12(8-11)9-14(20-19)10-13-6-3-7-15(17)16(13)18/h2-8,14,20H,9-10,19H2,1H3. The Balaban J connectivity index is 2.11. The van der Waals surface area contributed by atoms with E-state index < -0.39 is 0 Å². The molecule has 0 radical (unpaired) electrons. The molecule has 106 valence electrons. The van der Waals surface area contributed by atoms with E-state index in [2.05, 4.69) is 11.5 Å². The van der Waals surface area contributed by atoms with E-state index in [0.717, 1.165) is 6.42 Å². The lowest BCUT2D eigenvalue weighted by Crippen LogP contribution is -2.38. The van der Waals surface area contributed by atoms with Gasteiger partial charge in [0.25, 0.3) is 0 Å². The summed E-state index contributed by atoms with van der Waals surface area (Å²) in [6.07, 6.45) is 1.24. The molecule has 0 heterocycles. The zero-order valence-electron chi connectivity index (χ0n) is 11.4. The second kappa shape index (κ2) is 6.84. The van der Waals surface area contributed by atoms with E-state index in [1.807, 2.05) is 25.1 Å². The third-order valence-corrected chi connectivity index (χ3v) is 3.59. The van der Waals surface area contributed by atoms with Crippen molar-refractivity contribution in [3.05, 3.63) is 70.0 Å². The topological polar surface area (TPSA) is 38.0 Å². The second-order valence-electron chi connectivity index (χ2n) is 4.97. The van der Waals surface area contributed by atoms with Gasteiger partial charge >= 0.3 is 0 Å². The van der Waals surface area contributed by atoms with E-state index in [-0.39, 0.29) is 16.9 Å². The number of nitrogens with two attached hydrogens (primary N) is 1. The van der Waals surface area contributed by atoms with Gasteiger partial charge < -0.3 is 0 Å². The Bertz CT molecular complexity index is 586. The molecule has 3 N–H and O–H groups in total. The van der Waals surface area contributed by atoms with E-state index in [9.17, 15) is 4.39 Å². The van der Waals surface area contributed by atoms with Crippen molar-refractivity contribution in [1.29, 1.82) is 0 Å². The van der Waals surface area contributed by atoms with Crippen LogP contribution in [0.5, 0.6) is 0 Å². The lowest BCUT2D eigenvalue weighted by atomic mass is 9.98. The molecular weight excluding hydrogens is 275 g/mol. The predicted octanol–water partition coefficient (Wildman–Crippen LogP) is 3.40. The molecule has 0 saturated heterocycles. The second-order valence-corrected chi connectivity index (χ2v) is 5.38. The fraction of sp³-hybridized carbons (Fsp3) is 0.250. The summed E-state index contributed by atoms with van der Waals surface area (Å²) in [5.41, 5.74) is 5.71. The molecule has 0 bridgehead atoms. The first-order valence-electron chi connectivity index (χ1n) is 6.54. The molecule has 0 amide bonds. The van der Waals surface area contributed by atoms with Crippen LogP contribution in [0.2, 0.25) is 5.02 Å². The summed E-state index contributed by atoms with van der Waals surface area (Å²) in [5, 5.41) is 0.147. The van der Waals surface area contributed by atoms with E-state index in [0.29, 0.717) is 12.0 Å². The largest absolute Gasteiger partial charge is 0.271 e. The van der Waals surface area contributed by atoms with Crippen molar-refractivity contribution in [1.82, 2.24) is 5.43 Å². The quantitative estimate of drug-likeness (QED) is 0.655. The molecule has 2 rings (SSSR count). The monoisotopic (exact) mass is 292 g/mol. The van der Waals surface area contributed by atoms with Gasteiger partial charge in [-0.2, -0.15) is 0 Å². The molecule has 4 heteroatoms. The average Bonchev–Trinajstić information content (AvgIpc) is 2.43. The first-order valence-corrected chi connectivity index (χ1v) is 6.92. The van der Waals surface area contributed by atoms with Crippen LogP contribution in [0.1, 0.15) is 16.7 Å². The molecule has 2 nitrogen and oxygen atoms in total. The first-order chi connectivity index (χ1) is 9.60. The molecule has 0 saturated carbocycles. The molecule has 0 aromatic heterocycles. The number of aryl methyl sites for hydroxylation is 1. The van der Waals surface area contributed by atoms with Crippen LogP contribution < -0.4 is 11.3 Å². The molecule has 2 aromatic carbocycles. The number of rotatable bonds is 5. The van der Waals surface area contributed by atoms with Crippen LogP contribution in [0.15, 0.2) is 42.5 Å². The molecule has 0 spiro atoms. The maximum absolute atomic E-state index is 13.9. The average molecular weight is 293 g/mol. The van der Waals surface area contributed by atoms with Gasteiger partial charge in [0.05, 0.1) is 5.02 Å². The number of hydrogen-bond donors (Lipinski definition) is 2. The highest BCUT2D eigenvalue weighted by Crippen LogP contribution is 2.20. The van der Waals surface area contributed by atoms with Gasteiger partial charge in [-0.15, -0.1) is 0 Å². The van der Waals surface area contributed by atoms with Gasteiger partial charge in [-0.1, -0.05) is 53.6 Å². The summed E-state index contributed by atoms with van der Waals surface area (Å²) in [6.45, 7) is 2.05. The number of nitrogens with one attached hydrogen (secondary N) is 1. The molecule has 0 aliphatic carbocycles. The van der Waals surface area contributed by atoms with Crippen LogP contribution in [0.3, 0.4) is 0 Å². The Morgan fingerprint density at radius 3 is 2.65 bits per heavy atom. The van der Waals surface area contributed by atoms with Gasteiger partial charge in [0.1, 0.15) is 5.82 Å². The van der Waals surface area contributed by atoms with Crippen molar-refractivity contribution in [2.45, 2.75) is 25.8 Å². The molecule has 1 unspecified atom stereocenters. The normalized spacial score (nSPS) is 12.4. The molecule has 2 aromatic rings. The van der Waals surface area contributed by atoms with Crippen molar-refractivity contribution >= 4 is 11.6 Å². The van der Waals surface area contributed by atoms with Crippen molar-refractivity contribution in [3.63, 3.8) is 0 Å². The van der Waals surface area contributed by atoms with Gasteiger partial charge in [0.15, 0.2) is 0 Å². The van der Waals surface area contributed by atoms with E-state index in [4.69, 9.17) is 17.4 Å². The maximum atomic E-state index is 13.9. The molecule has 0 aliphatic heterocycles. The van der Waals surface area contributed by atoms with E-state index >= 15 is 0 Å². The minimum absolute atomic E-state index is 0.0373. The SMILES string of the molecule is Cc1cccc(CC(Cc2cccc(Cl)c2F)NN)c1. The first kappa shape index (κ1) is 15.0. The number of hydrazine groups is 1. The lowest BCUT2D eigenvalue weighted by molar-refractivity contribution is 0.506. The Labute approximate surface area is 123 Å². The molecule has 20 heavy (non-hydrogen) atoms. The fourth-order valence-corrected chi connectivity index (χ4v) is 2.48. The summed E-state index contributed by atoms with van der Waals surface area (Å²) < 4.78 is 13.9. The molecular formula is C16H18ClFN2. The summed E-state index contributed by atoms with van der Waals surface area (Å²) in [5.74, 6) is 5.23. The van der Waals surface area contributed by atoms with Crippen LogP contribution in [-0.2, 0) is 12.8 Å². The van der Waals surface area contributed by atoms with Crippen LogP contribution in [0, 0.1) is 12.7 Å². The zero-order valence-corrected chi connectivity index (χ0v) is 12.1. The predicted molar refractivity (Wildman–Crippen MR) is 81.1 cm³/mol. The van der Waals surface area contributed by atoms with Crippen molar-refractivity contribution in [2.24, 2.45) is 5.84 Å². The fourth-order valence-electron chi connectivity index (χ4n) is 2.29. The van der Waals surface area contributed by atoms with Crippen LogP contribution >= 0.6 is 11.6 Å². The summed E-state index contributed by atoms with van der Waals surface area (Å²) in [7, 11) is 0.